The van der Waals surface area contributed by atoms with Gasteiger partial charge in [0.1, 0.15) is 5.78 Å². The van der Waals surface area contributed by atoms with Gasteiger partial charge in [-0.15, -0.1) is 0 Å². The van der Waals surface area contributed by atoms with E-state index in [1.807, 2.05) is 13.0 Å². The highest BCUT2D eigenvalue weighted by Crippen LogP contribution is 2.67. The predicted molar refractivity (Wildman–Crippen MR) is 95.5 cm³/mol. The maximum atomic E-state index is 12.8. The van der Waals surface area contributed by atoms with E-state index in [1.165, 1.54) is 24.0 Å². The second kappa shape index (κ2) is 5.41. The van der Waals surface area contributed by atoms with E-state index in [0.29, 0.717) is 36.2 Å². The zero-order valence-corrected chi connectivity index (χ0v) is 15.4. The van der Waals surface area contributed by atoms with Gasteiger partial charge in [-0.2, -0.15) is 0 Å². The van der Waals surface area contributed by atoms with Gasteiger partial charge >= 0.3 is 0 Å². The van der Waals surface area contributed by atoms with E-state index in [0.717, 1.165) is 32.1 Å². The van der Waals surface area contributed by atoms with Crippen molar-refractivity contribution in [2.75, 3.05) is 0 Å². The number of ketones is 2. The van der Waals surface area contributed by atoms with Crippen molar-refractivity contribution in [3.05, 3.63) is 22.8 Å². The van der Waals surface area contributed by atoms with Gasteiger partial charge in [-0.3, -0.25) is 9.59 Å². The summed E-state index contributed by atoms with van der Waals surface area (Å²) >= 11 is 0. The van der Waals surface area contributed by atoms with Gasteiger partial charge in [0.05, 0.1) is 0 Å². The third kappa shape index (κ3) is 2.01. The highest BCUT2D eigenvalue weighted by atomic mass is 16.1. The lowest BCUT2D eigenvalue weighted by Crippen LogP contribution is -2.47. The molecule has 0 amide bonds. The number of allylic oxidation sites excluding steroid dienone is 4. The van der Waals surface area contributed by atoms with Crippen LogP contribution in [-0.4, -0.2) is 11.6 Å². The van der Waals surface area contributed by atoms with Crippen molar-refractivity contribution in [1.29, 1.82) is 0 Å². The van der Waals surface area contributed by atoms with E-state index in [1.54, 1.807) is 5.57 Å². The van der Waals surface area contributed by atoms with Crippen LogP contribution in [0.4, 0.5) is 0 Å². The van der Waals surface area contributed by atoms with Crippen LogP contribution in [0, 0.1) is 22.7 Å². The van der Waals surface area contributed by atoms with Gasteiger partial charge in [0.25, 0.3) is 0 Å². The largest absolute Gasteiger partial charge is 0.299 e. The number of Topliss-reactive ketones (excluding diaryl/α,β-unsaturated/α-hetero) is 1. The van der Waals surface area contributed by atoms with E-state index in [9.17, 15) is 9.59 Å². The number of rotatable bonds is 2. The topological polar surface area (TPSA) is 34.1 Å². The van der Waals surface area contributed by atoms with Crippen molar-refractivity contribution < 1.29 is 9.59 Å². The monoisotopic (exact) mass is 326 g/mol. The van der Waals surface area contributed by atoms with Gasteiger partial charge in [0, 0.05) is 18.3 Å². The number of carbonyl (C=O) groups is 2. The van der Waals surface area contributed by atoms with Crippen molar-refractivity contribution in [1.82, 2.24) is 0 Å². The highest BCUT2D eigenvalue weighted by molar-refractivity contribution is 5.93. The molecule has 0 aromatic heterocycles. The molecule has 0 N–H and O–H groups in total. The molecule has 2 saturated carbocycles. The zero-order chi connectivity index (χ0) is 17.1. The molecule has 4 rings (SSSR count). The molecule has 0 aromatic carbocycles. The average Bonchev–Trinajstić information content (AvgIpc) is 2.86. The number of hydrogen-bond donors (Lipinski definition) is 0. The van der Waals surface area contributed by atoms with E-state index >= 15 is 0 Å². The Bertz CT molecular complexity index is 667. The first-order chi connectivity index (χ1) is 11.4. The molecule has 24 heavy (non-hydrogen) atoms. The van der Waals surface area contributed by atoms with Crippen LogP contribution in [0.5, 0.6) is 0 Å². The van der Waals surface area contributed by atoms with Crippen molar-refractivity contribution in [2.45, 2.75) is 78.6 Å². The molecular formula is C22H30O2. The molecule has 0 spiro atoms. The Morgan fingerprint density at radius 3 is 2.67 bits per heavy atom. The van der Waals surface area contributed by atoms with Crippen LogP contribution < -0.4 is 0 Å². The Balaban J connectivity index is 1.72. The summed E-state index contributed by atoms with van der Waals surface area (Å²) in [7, 11) is 0. The first-order valence-electron chi connectivity index (χ1n) is 9.89. The third-order valence-electron chi connectivity index (χ3n) is 8.27. The molecule has 2 heteroatoms. The molecular weight excluding hydrogens is 296 g/mol. The van der Waals surface area contributed by atoms with Gasteiger partial charge in [0.2, 0.25) is 0 Å². The van der Waals surface area contributed by atoms with Crippen molar-refractivity contribution in [2.24, 2.45) is 22.7 Å². The number of hydrogen-bond acceptors (Lipinski definition) is 2. The third-order valence-corrected chi connectivity index (χ3v) is 8.27. The molecule has 4 aliphatic carbocycles. The molecule has 2 nitrogen and oxygen atoms in total. The summed E-state index contributed by atoms with van der Waals surface area (Å²) in [6.45, 7) is 6.69. The van der Waals surface area contributed by atoms with E-state index in [4.69, 9.17) is 0 Å². The second-order valence-corrected chi connectivity index (χ2v) is 8.96. The zero-order valence-electron chi connectivity index (χ0n) is 15.4. The Hall–Kier alpha value is -1.18. The summed E-state index contributed by atoms with van der Waals surface area (Å²) in [5.74, 6) is 2.11. The lowest BCUT2D eigenvalue weighted by molar-refractivity contribution is -0.136. The van der Waals surface area contributed by atoms with Crippen LogP contribution in [0.1, 0.15) is 78.6 Å². The van der Waals surface area contributed by atoms with Crippen LogP contribution in [0.2, 0.25) is 0 Å². The van der Waals surface area contributed by atoms with Crippen LogP contribution in [0.15, 0.2) is 22.8 Å². The maximum absolute atomic E-state index is 12.8. The van der Waals surface area contributed by atoms with Gasteiger partial charge in [0.15, 0.2) is 5.78 Å². The van der Waals surface area contributed by atoms with Gasteiger partial charge in [-0.1, -0.05) is 26.3 Å². The van der Waals surface area contributed by atoms with Crippen LogP contribution in [-0.2, 0) is 9.59 Å². The predicted octanol–water partition coefficient (Wildman–Crippen LogP) is 5.18. The molecule has 2 fully saturated rings. The van der Waals surface area contributed by atoms with E-state index in [2.05, 4.69) is 13.8 Å². The fraction of sp³-hybridized carbons (Fsp3) is 0.727. The highest BCUT2D eigenvalue weighted by Gasteiger charge is 2.61. The molecule has 4 aliphatic rings. The normalized spacial score (nSPS) is 41.5. The Kier molecular flexibility index (Phi) is 3.67. The molecule has 0 saturated heterocycles. The molecule has 4 atom stereocenters. The summed E-state index contributed by atoms with van der Waals surface area (Å²) in [6, 6.07) is 0. The Labute approximate surface area is 145 Å². The van der Waals surface area contributed by atoms with E-state index in [-0.39, 0.29) is 10.8 Å². The fourth-order valence-electron chi connectivity index (χ4n) is 6.65. The minimum absolute atomic E-state index is 0.124. The molecule has 0 unspecified atom stereocenters. The van der Waals surface area contributed by atoms with Gasteiger partial charge < -0.3 is 0 Å². The smallest absolute Gasteiger partial charge is 0.156 e. The Morgan fingerprint density at radius 2 is 1.92 bits per heavy atom. The molecule has 0 heterocycles. The lowest BCUT2D eigenvalue weighted by Gasteiger charge is -2.52. The summed E-state index contributed by atoms with van der Waals surface area (Å²) in [4.78, 5) is 24.5. The number of fused-ring (bicyclic) bond motifs is 4. The standard InChI is InChI=1S/C22H30O2/c1-4-20(24)22(3)12-10-19-18-7-5-14-13-15(23)6-8-16(14)17(18)9-11-21(19,22)2/h13,18-19H,4-12H2,1-3H3/t18-,19+,21+,22+/m1/s1. The van der Waals surface area contributed by atoms with E-state index < -0.39 is 0 Å². The Morgan fingerprint density at radius 1 is 1.12 bits per heavy atom. The summed E-state index contributed by atoms with van der Waals surface area (Å²) in [5.41, 5.74) is 4.58. The summed E-state index contributed by atoms with van der Waals surface area (Å²) < 4.78 is 0. The minimum Gasteiger partial charge on any atom is -0.299 e. The van der Waals surface area contributed by atoms with Crippen LogP contribution in [0.3, 0.4) is 0 Å². The molecule has 0 aliphatic heterocycles. The second-order valence-electron chi connectivity index (χ2n) is 8.96. The quantitative estimate of drug-likeness (QED) is 0.701. The van der Waals surface area contributed by atoms with Crippen molar-refractivity contribution >= 4 is 11.6 Å². The summed E-state index contributed by atoms with van der Waals surface area (Å²) in [6.07, 6.45) is 11.1. The average molecular weight is 326 g/mol. The lowest BCUT2D eigenvalue weighted by atomic mass is 9.51. The molecule has 0 bridgehead atoms. The molecule has 0 radical (unpaired) electrons. The SMILES string of the molecule is CCC(=O)[C@]1(C)CC[C@H]2[C@@H]3CCC4=CC(=O)CCC4=C3CC[C@@]21C. The fourth-order valence-corrected chi connectivity index (χ4v) is 6.65. The van der Waals surface area contributed by atoms with Gasteiger partial charge in [-0.25, -0.2) is 0 Å². The molecule has 130 valence electrons. The number of carbonyl (C=O) groups excluding carboxylic acids is 2. The van der Waals surface area contributed by atoms with Crippen LogP contribution >= 0.6 is 0 Å². The van der Waals surface area contributed by atoms with Crippen LogP contribution in [0.25, 0.3) is 0 Å². The van der Waals surface area contributed by atoms with Gasteiger partial charge in [-0.05, 0) is 79.4 Å². The summed E-state index contributed by atoms with van der Waals surface area (Å²) in [5, 5.41) is 0. The van der Waals surface area contributed by atoms with Crippen molar-refractivity contribution in [3.8, 4) is 0 Å². The first kappa shape index (κ1) is 16.3. The van der Waals surface area contributed by atoms with Crippen molar-refractivity contribution in [3.63, 3.8) is 0 Å². The maximum Gasteiger partial charge on any atom is 0.156 e. The molecule has 0 aromatic rings. The first-order valence-corrected chi connectivity index (χ1v) is 9.89. The minimum atomic E-state index is -0.124.